The average molecular weight is 439 g/mol. The molecule has 3 heteroatoms. The van der Waals surface area contributed by atoms with E-state index in [1.807, 2.05) is 41.5 Å². The smallest absolute Gasteiger partial charge is 0.336 e. The van der Waals surface area contributed by atoms with Crippen molar-refractivity contribution in [2.24, 2.45) is 0 Å². The van der Waals surface area contributed by atoms with Gasteiger partial charge in [0, 0.05) is 16.7 Å². The molecule has 0 aliphatic rings. The summed E-state index contributed by atoms with van der Waals surface area (Å²) < 4.78 is 0. The number of carboxylic acid groups (broad SMARTS) is 1. The van der Waals surface area contributed by atoms with E-state index in [9.17, 15) is 15.0 Å². The normalized spacial score (nSPS) is 12.2. The molecule has 0 saturated heterocycles. The Morgan fingerprint density at radius 1 is 0.875 bits per heavy atom. The first-order valence-corrected chi connectivity index (χ1v) is 12.1. The fourth-order valence-corrected chi connectivity index (χ4v) is 4.42. The second-order valence-electron chi connectivity index (χ2n) is 11.1. The van der Waals surface area contributed by atoms with Gasteiger partial charge in [-0.15, -0.1) is 0 Å². The SMILES string of the molecule is CCCCc1ccc(-c2c(C(=O)O)cc(C(C)(C)C)c(O)c2C(C)(C)C)c(CCCC)c1. The molecule has 0 spiro atoms. The highest BCUT2D eigenvalue weighted by Gasteiger charge is 2.33. The lowest BCUT2D eigenvalue weighted by atomic mass is 9.73. The summed E-state index contributed by atoms with van der Waals surface area (Å²) in [6.45, 7) is 16.5. The van der Waals surface area contributed by atoms with Crippen LogP contribution in [0.15, 0.2) is 24.3 Å². The van der Waals surface area contributed by atoms with E-state index in [0.29, 0.717) is 11.1 Å². The molecule has 32 heavy (non-hydrogen) atoms. The number of unbranched alkanes of at least 4 members (excludes halogenated alkanes) is 2. The number of phenols is 1. The summed E-state index contributed by atoms with van der Waals surface area (Å²) in [5, 5.41) is 21.7. The van der Waals surface area contributed by atoms with Gasteiger partial charge >= 0.3 is 5.97 Å². The fraction of sp³-hybridized carbons (Fsp3) is 0.552. The van der Waals surface area contributed by atoms with E-state index in [1.54, 1.807) is 6.07 Å². The summed E-state index contributed by atoms with van der Waals surface area (Å²) in [4.78, 5) is 12.5. The molecule has 0 aromatic heterocycles. The topological polar surface area (TPSA) is 57.5 Å². The number of hydrogen-bond acceptors (Lipinski definition) is 2. The molecule has 0 aliphatic heterocycles. The number of phenolic OH excluding ortho intramolecular Hbond substituents is 1. The Labute approximate surface area is 194 Å². The number of aromatic carboxylic acids is 1. The van der Waals surface area contributed by atoms with E-state index in [-0.39, 0.29) is 16.7 Å². The Morgan fingerprint density at radius 2 is 1.47 bits per heavy atom. The van der Waals surface area contributed by atoms with Gasteiger partial charge in [0.15, 0.2) is 0 Å². The van der Waals surface area contributed by atoms with Gasteiger partial charge in [-0.1, -0.05) is 86.4 Å². The Kier molecular flexibility index (Phi) is 8.20. The second kappa shape index (κ2) is 10.1. The van der Waals surface area contributed by atoms with Crippen molar-refractivity contribution in [3.8, 4) is 16.9 Å². The monoisotopic (exact) mass is 438 g/mol. The number of aromatic hydroxyl groups is 1. The van der Waals surface area contributed by atoms with Gasteiger partial charge < -0.3 is 10.2 Å². The molecule has 0 saturated carbocycles. The quantitative estimate of drug-likeness (QED) is 0.438. The first-order chi connectivity index (χ1) is 14.8. The van der Waals surface area contributed by atoms with Crippen LogP contribution in [0.5, 0.6) is 5.75 Å². The van der Waals surface area contributed by atoms with Gasteiger partial charge in [-0.25, -0.2) is 4.79 Å². The zero-order valence-corrected chi connectivity index (χ0v) is 21.4. The number of carboxylic acids is 1. The Balaban J connectivity index is 2.94. The van der Waals surface area contributed by atoms with Gasteiger partial charge in [-0.3, -0.25) is 0 Å². The zero-order valence-electron chi connectivity index (χ0n) is 21.4. The molecule has 176 valence electrons. The molecule has 0 amide bonds. The van der Waals surface area contributed by atoms with Crippen LogP contribution < -0.4 is 0 Å². The van der Waals surface area contributed by atoms with E-state index in [0.717, 1.165) is 49.7 Å². The highest BCUT2D eigenvalue weighted by atomic mass is 16.4. The lowest BCUT2D eigenvalue weighted by Crippen LogP contribution is -2.21. The Morgan fingerprint density at radius 3 is 1.97 bits per heavy atom. The molecule has 3 nitrogen and oxygen atoms in total. The van der Waals surface area contributed by atoms with Crippen LogP contribution in [0.2, 0.25) is 0 Å². The van der Waals surface area contributed by atoms with Crippen molar-refractivity contribution < 1.29 is 15.0 Å². The average Bonchev–Trinajstić information content (AvgIpc) is 2.68. The number of aryl methyl sites for hydroxylation is 2. The second-order valence-corrected chi connectivity index (χ2v) is 11.1. The van der Waals surface area contributed by atoms with Crippen LogP contribution in [0.25, 0.3) is 11.1 Å². The fourth-order valence-electron chi connectivity index (χ4n) is 4.42. The number of benzene rings is 2. The third-order valence-electron chi connectivity index (χ3n) is 6.15. The maximum atomic E-state index is 12.5. The van der Waals surface area contributed by atoms with Crippen molar-refractivity contribution in [2.75, 3.05) is 0 Å². The standard InChI is InChI=1S/C29H42O3/c1-9-11-13-19-15-16-21(20(17-19)14-12-10-2)24-22(27(31)32)18-23(28(3,4)5)26(30)25(24)29(6,7)8/h15-18,30H,9-14H2,1-8H3,(H,31,32). The predicted octanol–water partition coefficient (Wildman–Crippen LogP) is 8.04. The van der Waals surface area contributed by atoms with Crippen molar-refractivity contribution in [1.29, 1.82) is 0 Å². The van der Waals surface area contributed by atoms with Gasteiger partial charge in [-0.2, -0.15) is 0 Å². The predicted molar refractivity (Wildman–Crippen MR) is 135 cm³/mol. The summed E-state index contributed by atoms with van der Waals surface area (Å²) in [7, 11) is 0. The molecular formula is C29H42O3. The highest BCUT2D eigenvalue weighted by Crippen LogP contribution is 2.47. The molecule has 2 rings (SSSR count). The van der Waals surface area contributed by atoms with Gasteiger partial charge in [-0.05, 0) is 59.3 Å². The number of rotatable bonds is 8. The van der Waals surface area contributed by atoms with E-state index in [1.165, 1.54) is 11.1 Å². The van der Waals surface area contributed by atoms with E-state index >= 15 is 0 Å². The minimum absolute atomic E-state index is 0.224. The third kappa shape index (κ3) is 5.74. The molecule has 2 aromatic rings. The molecule has 0 fully saturated rings. The summed E-state index contributed by atoms with van der Waals surface area (Å²) in [6, 6.07) is 8.17. The molecule has 0 radical (unpaired) electrons. The van der Waals surface area contributed by atoms with Gasteiger partial charge in [0.1, 0.15) is 5.75 Å². The van der Waals surface area contributed by atoms with Crippen LogP contribution in [0.3, 0.4) is 0 Å². The minimum Gasteiger partial charge on any atom is -0.507 e. The Hall–Kier alpha value is -2.29. The lowest BCUT2D eigenvalue weighted by Gasteiger charge is -2.31. The Bertz CT molecular complexity index is 956. The first kappa shape index (κ1) is 26.0. The zero-order chi connectivity index (χ0) is 24.3. The third-order valence-corrected chi connectivity index (χ3v) is 6.15. The molecule has 0 atom stereocenters. The summed E-state index contributed by atoms with van der Waals surface area (Å²) >= 11 is 0. The van der Waals surface area contributed by atoms with Gasteiger partial charge in [0.05, 0.1) is 5.56 Å². The molecule has 0 heterocycles. The minimum atomic E-state index is -0.951. The van der Waals surface area contributed by atoms with Gasteiger partial charge in [0.25, 0.3) is 0 Å². The molecule has 2 N–H and O–H groups in total. The van der Waals surface area contributed by atoms with Crippen molar-refractivity contribution in [1.82, 2.24) is 0 Å². The van der Waals surface area contributed by atoms with Crippen LogP contribution in [-0.2, 0) is 23.7 Å². The first-order valence-electron chi connectivity index (χ1n) is 12.1. The van der Waals surface area contributed by atoms with Crippen LogP contribution in [0, 0.1) is 0 Å². The molecule has 0 bridgehead atoms. The van der Waals surface area contributed by atoms with Gasteiger partial charge in [0.2, 0.25) is 0 Å². The molecule has 2 aromatic carbocycles. The number of hydrogen-bond donors (Lipinski definition) is 2. The van der Waals surface area contributed by atoms with E-state index in [2.05, 4.69) is 32.0 Å². The molecular weight excluding hydrogens is 396 g/mol. The van der Waals surface area contributed by atoms with Crippen molar-refractivity contribution in [3.63, 3.8) is 0 Å². The van der Waals surface area contributed by atoms with Crippen molar-refractivity contribution >= 4 is 5.97 Å². The largest absolute Gasteiger partial charge is 0.507 e. The van der Waals surface area contributed by atoms with Crippen LogP contribution in [0.4, 0.5) is 0 Å². The maximum Gasteiger partial charge on any atom is 0.336 e. The molecule has 0 aliphatic carbocycles. The molecule has 0 unspecified atom stereocenters. The number of carbonyl (C=O) groups is 1. The lowest BCUT2D eigenvalue weighted by molar-refractivity contribution is 0.0697. The summed E-state index contributed by atoms with van der Waals surface area (Å²) in [5.74, 6) is -0.728. The van der Waals surface area contributed by atoms with E-state index < -0.39 is 11.4 Å². The highest BCUT2D eigenvalue weighted by molar-refractivity contribution is 5.99. The van der Waals surface area contributed by atoms with E-state index in [4.69, 9.17) is 0 Å². The van der Waals surface area contributed by atoms with Crippen LogP contribution in [-0.4, -0.2) is 16.2 Å². The summed E-state index contributed by atoms with van der Waals surface area (Å²) in [6.07, 6.45) is 6.33. The van der Waals surface area contributed by atoms with Crippen LogP contribution in [0.1, 0.15) is 114 Å². The van der Waals surface area contributed by atoms with Crippen LogP contribution >= 0.6 is 0 Å². The summed E-state index contributed by atoms with van der Waals surface area (Å²) in [5.41, 5.74) is 4.97. The van der Waals surface area contributed by atoms with Crippen molar-refractivity contribution in [2.45, 2.75) is 105 Å². The maximum absolute atomic E-state index is 12.5. The van der Waals surface area contributed by atoms with Crippen molar-refractivity contribution in [3.05, 3.63) is 52.1 Å².